The Morgan fingerprint density at radius 3 is 2.43 bits per heavy atom. The Labute approximate surface area is 181 Å². The maximum absolute atomic E-state index is 6.35. The van der Waals surface area contributed by atoms with E-state index in [4.69, 9.17) is 4.42 Å². The van der Waals surface area contributed by atoms with Gasteiger partial charge >= 0.3 is 0 Å². The molecule has 0 aliphatic heterocycles. The normalized spacial score (nSPS) is 12.4. The molecule has 2 aromatic heterocycles. The predicted octanol–water partition coefficient (Wildman–Crippen LogP) is 6.29. The summed E-state index contributed by atoms with van der Waals surface area (Å²) in [6.07, 6.45) is 1.89. The van der Waals surface area contributed by atoms with Crippen molar-refractivity contribution >= 4 is 35.2 Å². The summed E-state index contributed by atoms with van der Waals surface area (Å²) in [7, 11) is -1.56. The molecule has 4 rings (SSSR count). The molecule has 0 aliphatic carbocycles. The standard InChI is InChI=1S/C24H26NOSi.Ir/c1-24(2,3)16-13-14-25-19(15-16)17-11-12-21(27(4,5)6)22-18-9-7-8-10-20(18)26-23(17)22;/h7-10,12-15H,1-6H3;/q-1;. The summed E-state index contributed by atoms with van der Waals surface area (Å²) >= 11 is 0. The van der Waals surface area contributed by atoms with E-state index < -0.39 is 8.07 Å². The smallest absolute Gasteiger partial charge is 0.120 e. The zero-order valence-corrected chi connectivity index (χ0v) is 20.7. The van der Waals surface area contributed by atoms with Crippen molar-refractivity contribution in [3.63, 3.8) is 0 Å². The van der Waals surface area contributed by atoms with Crippen LogP contribution in [0.2, 0.25) is 19.6 Å². The number of benzene rings is 2. The molecule has 1 radical (unpaired) electrons. The third-order valence-corrected chi connectivity index (χ3v) is 7.15. The molecule has 0 aliphatic rings. The van der Waals surface area contributed by atoms with Crippen LogP contribution >= 0.6 is 0 Å². The minimum Gasteiger partial charge on any atom is -0.501 e. The molecule has 0 bridgehead atoms. The Morgan fingerprint density at radius 1 is 1.04 bits per heavy atom. The summed E-state index contributed by atoms with van der Waals surface area (Å²) in [5.41, 5.74) is 5.06. The van der Waals surface area contributed by atoms with E-state index in [-0.39, 0.29) is 25.5 Å². The van der Waals surface area contributed by atoms with Crippen LogP contribution in [0.1, 0.15) is 26.3 Å². The Balaban J connectivity index is 0.00000225. The molecule has 0 unspecified atom stereocenters. The predicted molar refractivity (Wildman–Crippen MR) is 117 cm³/mol. The molecule has 0 fully saturated rings. The fourth-order valence-electron chi connectivity index (χ4n) is 3.59. The van der Waals surface area contributed by atoms with Crippen molar-refractivity contribution < 1.29 is 24.5 Å². The molecule has 0 N–H and O–H groups in total. The summed E-state index contributed by atoms with van der Waals surface area (Å²) in [6.45, 7) is 13.8. The van der Waals surface area contributed by atoms with Crippen LogP contribution in [-0.2, 0) is 25.5 Å². The maximum atomic E-state index is 6.35. The van der Waals surface area contributed by atoms with E-state index in [1.165, 1.54) is 21.5 Å². The molecule has 28 heavy (non-hydrogen) atoms. The molecular weight excluding hydrogens is 539 g/mol. The van der Waals surface area contributed by atoms with E-state index in [9.17, 15) is 0 Å². The molecule has 4 heteroatoms. The summed E-state index contributed by atoms with van der Waals surface area (Å²) in [5, 5.41) is 3.81. The third kappa shape index (κ3) is 3.61. The second kappa shape index (κ2) is 7.26. The first kappa shape index (κ1) is 21.0. The van der Waals surface area contributed by atoms with Crippen molar-refractivity contribution in [3.05, 3.63) is 60.3 Å². The van der Waals surface area contributed by atoms with E-state index in [1.54, 1.807) is 0 Å². The first-order valence-corrected chi connectivity index (χ1v) is 13.0. The number of hydrogen-bond donors (Lipinski definition) is 0. The van der Waals surface area contributed by atoms with Crippen LogP contribution in [0.5, 0.6) is 0 Å². The number of furan rings is 1. The van der Waals surface area contributed by atoms with Crippen LogP contribution in [0.3, 0.4) is 0 Å². The Morgan fingerprint density at radius 2 is 1.75 bits per heavy atom. The summed E-state index contributed by atoms with van der Waals surface area (Å²) < 4.78 is 6.35. The van der Waals surface area contributed by atoms with Gasteiger partial charge in [0.15, 0.2) is 0 Å². The van der Waals surface area contributed by atoms with Crippen LogP contribution in [-0.4, -0.2) is 13.1 Å². The molecule has 2 nitrogen and oxygen atoms in total. The van der Waals surface area contributed by atoms with Gasteiger partial charge in [-0.2, -0.15) is 0 Å². The summed E-state index contributed by atoms with van der Waals surface area (Å²) in [5.74, 6) is 0. The van der Waals surface area contributed by atoms with E-state index in [0.717, 1.165) is 22.4 Å². The van der Waals surface area contributed by atoms with Crippen molar-refractivity contribution in [2.45, 2.75) is 45.8 Å². The van der Waals surface area contributed by atoms with E-state index >= 15 is 0 Å². The van der Waals surface area contributed by atoms with E-state index in [1.807, 2.05) is 18.3 Å². The quantitative estimate of drug-likeness (QED) is 0.211. The van der Waals surface area contributed by atoms with Crippen LogP contribution in [0.15, 0.2) is 53.1 Å². The van der Waals surface area contributed by atoms with Crippen molar-refractivity contribution in [2.75, 3.05) is 0 Å². The molecular formula is C24H26IrNOSi-. The molecule has 0 atom stereocenters. The van der Waals surface area contributed by atoms with Gasteiger partial charge in [0, 0.05) is 39.8 Å². The average Bonchev–Trinajstić information content (AvgIpc) is 2.99. The molecule has 147 valence electrons. The van der Waals surface area contributed by atoms with Gasteiger partial charge in [-0.25, -0.2) is 0 Å². The Bertz CT molecular complexity index is 1150. The molecule has 2 aromatic carbocycles. The van der Waals surface area contributed by atoms with Gasteiger partial charge in [0.1, 0.15) is 5.58 Å². The van der Waals surface area contributed by atoms with Crippen molar-refractivity contribution in [2.24, 2.45) is 0 Å². The molecule has 4 aromatic rings. The van der Waals surface area contributed by atoms with Gasteiger partial charge in [0.05, 0.1) is 5.58 Å². The first-order chi connectivity index (χ1) is 12.7. The molecule has 0 saturated carbocycles. The van der Waals surface area contributed by atoms with Crippen LogP contribution < -0.4 is 5.19 Å². The number of pyridine rings is 1. The van der Waals surface area contributed by atoms with Gasteiger partial charge in [-0.05, 0) is 28.8 Å². The minimum absolute atomic E-state index is 0. The monoisotopic (exact) mass is 565 g/mol. The van der Waals surface area contributed by atoms with E-state index in [2.05, 4.69) is 81.8 Å². The summed E-state index contributed by atoms with van der Waals surface area (Å²) in [6, 6.07) is 18.3. The zero-order valence-electron chi connectivity index (χ0n) is 17.3. The van der Waals surface area contributed by atoms with E-state index in [0.29, 0.717) is 0 Å². The summed E-state index contributed by atoms with van der Waals surface area (Å²) in [4.78, 5) is 4.66. The fourth-order valence-corrected chi connectivity index (χ4v) is 5.09. The Hall–Kier alpha value is -1.74. The number of aromatic nitrogens is 1. The van der Waals surface area contributed by atoms with Gasteiger partial charge in [-0.3, -0.25) is 0 Å². The largest absolute Gasteiger partial charge is 0.501 e. The average molecular weight is 565 g/mol. The van der Waals surface area contributed by atoms with Gasteiger partial charge < -0.3 is 9.40 Å². The topological polar surface area (TPSA) is 26.0 Å². The van der Waals surface area contributed by atoms with Crippen LogP contribution in [0.4, 0.5) is 0 Å². The van der Waals surface area contributed by atoms with Crippen molar-refractivity contribution in [3.8, 4) is 11.3 Å². The van der Waals surface area contributed by atoms with Gasteiger partial charge in [0.25, 0.3) is 0 Å². The number of para-hydroxylation sites is 1. The molecule has 2 heterocycles. The fraction of sp³-hybridized carbons (Fsp3) is 0.292. The second-order valence-corrected chi connectivity index (χ2v) is 14.3. The molecule has 0 spiro atoms. The zero-order chi connectivity index (χ0) is 19.4. The number of fused-ring (bicyclic) bond motifs is 3. The van der Waals surface area contributed by atoms with Gasteiger partial charge in [0.2, 0.25) is 0 Å². The SMILES string of the molecule is CC(C)(C)c1ccnc(-c2[c-]cc([Si](C)(C)C)c3c2oc2ccccc23)c1.[Ir]. The van der Waals surface area contributed by atoms with Crippen molar-refractivity contribution in [1.82, 2.24) is 4.98 Å². The number of rotatable bonds is 2. The maximum Gasteiger partial charge on any atom is 0.120 e. The van der Waals surface area contributed by atoms with Crippen LogP contribution in [0, 0.1) is 6.07 Å². The second-order valence-electron chi connectivity index (χ2n) is 9.31. The molecule has 0 amide bonds. The van der Waals surface area contributed by atoms with Gasteiger partial charge in [-0.1, -0.05) is 75.6 Å². The third-order valence-electron chi connectivity index (χ3n) is 5.14. The molecule has 0 saturated heterocycles. The van der Waals surface area contributed by atoms with Crippen LogP contribution in [0.25, 0.3) is 33.2 Å². The van der Waals surface area contributed by atoms with Gasteiger partial charge in [-0.15, -0.1) is 17.3 Å². The van der Waals surface area contributed by atoms with Crippen molar-refractivity contribution in [1.29, 1.82) is 0 Å². The number of nitrogens with zero attached hydrogens (tertiary/aromatic N) is 1. The minimum atomic E-state index is -1.56. The Kier molecular flexibility index (Phi) is 5.44. The first-order valence-electron chi connectivity index (χ1n) is 9.49. The number of hydrogen-bond acceptors (Lipinski definition) is 2.